The Morgan fingerprint density at radius 3 is 2.83 bits per heavy atom. The second-order valence-electron chi connectivity index (χ2n) is 7.26. The van der Waals surface area contributed by atoms with Gasteiger partial charge >= 0.3 is 0 Å². The Kier molecular flexibility index (Phi) is 5.60. The van der Waals surface area contributed by atoms with E-state index in [0.29, 0.717) is 36.7 Å². The van der Waals surface area contributed by atoms with Gasteiger partial charge in [0, 0.05) is 19.5 Å². The molecule has 0 radical (unpaired) electrons. The Morgan fingerprint density at radius 2 is 2.03 bits per heavy atom. The van der Waals surface area contributed by atoms with Gasteiger partial charge in [0.15, 0.2) is 5.89 Å². The molecule has 1 amide bonds. The zero-order valence-corrected chi connectivity index (χ0v) is 16.3. The Labute approximate surface area is 169 Å². The molecular formula is C23H23FN2O3. The molecule has 4 rings (SSSR count). The fourth-order valence-corrected chi connectivity index (χ4v) is 3.75. The SMILES string of the molecule is COc1ccccc1C(=O)N1CCC[C@H](c2ncc(Cc3ccc(F)cc3)o2)C1. The summed E-state index contributed by atoms with van der Waals surface area (Å²) in [7, 11) is 1.57. The molecule has 0 bridgehead atoms. The van der Waals surface area contributed by atoms with E-state index in [1.54, 1.807) is 37.6 Å². The number of rotatable bonds is 5. The molecule has 6 heteroatoms. The number of amides is 1. The first-order valence-corrected chi connectivity index (χ1v) is 9.75. The molecule has 1 saturated heterocycles. The number of oxazole rings is 1. The molecule has 1 aromatic heterocycles. The Hall–Kier alpha value is -3.15. The molecule has 0 unspecified atom stereocenters. The van der Waals surface area contributed by atoms with Crippen LogP contribution in [0.4, 0.5) is 4.39 Å². The van der Waals surface area contributed by atoms with Gasteiger partial charge in [-0.2, -0.15) is 0 Å². The van der Waals surface area contributed by atoms with E-state index in [2.05, 4.69) is 4.98 Å². The molecule has 2 aromatic carbocycles. The molecule has 1 aliphatic heterocycles. The molecule has 1 fully saturated rings. The van der Waals surface area contributed by atoms with Crippen molar-refractivity contribution in [2.75, 3.05) is 20.2 Å². The number of ether oxygens (including phenoxy) is 1. The highest BCUT2D eigenvalue weighted by Crippen LogP contribution is 2.29. The summed E-state index contributed by atoms with van der Waals surface area (Å²) in [4.78, 5) is 19.3. The van der Waals surface area contributed by atoms with E-state index in [9.17, 15) is 9.18 Å². The summed E-state index contributed by atoms with van der Waals surface area (Å²) in [6.07, 6.45) is 4.09. The summed E-state index contributed by atoms with van der Waals surface area (Å²) in [5.41, 5.74) is 1.53. The number of nitrogens with zero attached hydrogens (tertiary/aromatic N) is 2. The molecular weight excluding hydrogens is 371 g/mol. The maximum Gasteiger partial charge on any atom is 0.257 e. The number of methoxy groups -OCH3 is 1. The number of likely N-dealkylation sites (tertiary alicyclic amines) is 1. The third-order valence-corrected chi connectivity index (χ3v) is 5.26. The van der Waals surface area contributed by atoms with Crippen molar-refractivity contribution in [1.82, 2.24) is 9.88 Å². The topological polar surface area (TPSA) is 55.6 Å². The van der Waals surface area contributed by atoms with Crippen LogP contribution in [-0.4, -0.2) is 36.0 Å². The van der Waals surface area contributed by atoms with Gasteiger partial charge in [0.1, 0.15) is 17.3 Å². The summed E-state index contributed by atoms with van der Waals surface area (Å²) >= 11 is 0. The summed E-state index contributed by atoms with van der Waals surface area (Å²) in [6.45, 7) is 1.27. The minimum atomic E-state index is -0.256. The van der Waals surface area contributed by atoms with Crippen molar-refractivity contribution in [3.05, 3.63) is 83.3 Å². The van der Waals surface area contributed by atoms with Crippen LogP contribution in [0.15, 0.2) is 59.1 Å². The van der Waals surface area contributed by atoms with Crippen LogP contribution in [0, 0.1) is 5.82 Å². The first kappa shape index (κ1) is 19.2. The highest BCUT2D eigenvalue weighted by Gasteiger charge is 2.29. The van der Waals surface area contributed by atoms with Crippen LogP contribution in [0.3, 0.4) is 0 Å². The number of aromatic nitrogens is 1. The molecule has 0 aliphatic carbocycles. The number of carbonyl (C=O) groups is 1. The van der Waals surface area contributed by atoms with Crippen LogP contribution in [0.25, 0.3) is 0 Å². The van der Waals surface area contributed by atoms with Crippen LogP contribution in [0.5, 0.6) is 5.75 Å². The van der Waals surface area contributed by atoms with E-state index >= 15 is 0 Å². The van der Waals surface area contributed by atoms with E-state index in [4.69, 9.17) is 9.15 Å². The average molecular weight is 394 g/mol. The predicted octanol–water partition coefficient (Wildman–Crippen LogP) is 4.43. The fraction of sp³-hybridized carbons (Fsp3) is 0.304. The van der Waals surface area contributed by atoms with Crippen molar-refractivity contribution in [2.45, 2.75) is 25.2 Å². The number of carbonyl (C=O) groups excluding carboxylic acids is 1. The van der Waals surface area contributed by atoms with E-state index in [-0.39, 0.29) is 17.6 Å². The minimum absolute atomic E-state index is 0.0368. The van der Waals surface area contributed by atoms with Gasteiger partial charge < -0.3 is 14.1 Å². The number of piperidine rings is 1. The molecule has 1 atom stereocenters. The zero-order valence-electron chi connectivity index (χ0n) is 16.3. The van der Waals surface area contributed by atoms with Gasteiger partial charge in [0.2, 0.25) is 0 Å². The molecule has 5 nitrogen and oxygen atoms in total. The van der Waals surface area contributed by atoms with Gasteiger partial charge in [0.05, 0.1) is 24.8 Å². The number of hydrogen-bond donors (Lipinski definition) is 0. The van der Waals surface area contributed by atoms with E-state index in [0.717, 1.165) is 24.2 Å². The maximum atomic E-state index is 13.1. The average Bonchev–Trinajstić information content (AvgIpc) is 3.23. The standard InChI is InChI=1S/C23H23FN2O3/c1-28-21-7-3-2-6-20(21)23(27)26-12-4-5-17(15-26)22-25-14-19(29-22)13-16-8-10-18(24)11-9-16/h2-3,6-11,14,17H,4-5,12-13,15H2,1H3/t17-/m0/s1. The van der Waals surface area contributed by atoms with Crippen LogP contribution in [0.2, 0.25) is 0 Å². The van der Waals surface area contributed by atoms with Crippen molar-refractivity contribution in [3.63, 3.8) is 0 Å². The molecule has 150 valence electrons. The lowest BCUT2D eigenvalue weighted by atomic mass is 9.97. The van der Waals surface area contributed by atoms with Crippen LogP contribution >= 0.6 is 0 Å². The molecule has 0 spiro atoms. The third-order valence-electron chi connectivity index (χ3n) is 5.26. The van der Waals surface area contributed by atoms with Gasteiger partial charge in [-0.25, -0.2) is 9.37 Å². The van der Waals surface area contributed by atoms with E-state index in [1.165, 1.54) is 12.1 Å². The zero-order chi connectivity index (χ0) is 20.2. The molecule has 1 aliphatic rings. The monoisotopic (exact) mass is 394 g/mol. The van der Waals surface area contributed by atoms with Gasteiger partial charge in [-0.1, -0.05) is 24.3 Å². The smallest absolute Gasteiger partial charge is 0.257 e. The van der Waals surface area contributed by atoms with E-state index < -0.39 is 0 Å². The summed E-state index contributed by atoms with van der Waals surface area (Å²) in [5.74, 6) is 1.74. The minimum Gasteiger partial charge on any atom is -0.496 e. The normalized spacial score (nSPS) is 16.6. The summed E-state index contributed by atoms with van der Waals surface area (Å²) in [5, 5.41) is 0. The van der Waals surface area contributed by atoms with Gasteiger partial charge in [-0.15, -0.1) is 0 Å². The van der Waals surface area contributed by atoms with E-state index in [1.807, 2.05) is 17.0 Å². The molecule has 29 heavy (non-hydrogen) atoms. The third kappa shape index (κ3) is 4.31. The van der Waals surface area contributed by atoms with Crippen LogP contribution < -0.4 is 4.74 Å². The lowest BCUT2D eigenvalue weighted by Gasteiger charge is -2.31. The Morgan fingerprint density at radius 1 is 1.24 bits per heavy atom. The second-order valence-corrected chi connectivity index (χ2v) is 7.26. The van der Waals surface area contributed by atoms with Crippen molar-refractivity contribution < 1.29 is 18.3 Å². The Bertz CT molecular complexity index is 984. The molecule has 3 aromatic rings. The van der Waals surface area contributed by atoms with Crippen molar-refractivity contribution in [1.29, 1.82) is 0 Å². The van der Waals surface area contributed by atoms with Gasteiger partial charge in [-0.3, -0.25) is 4.79 Å². The maximum absolute atomic E-state index is 13.1. The van der Waals surface area contributed by atoms with Crippen molar-refractivity contribution >= 4 is 5.91 Å². The predicted molar refractivity (Wildman–Crippen MR) is 107 cm³/mol. The Balaban J connectivity index is 1.45. The highest BCUT2D eigenvalue weighted by atomic mass is 19.1. The quantitative estimate of drug-likeness (QED) is 0.642. The number of hydrogen-bond acceptors (Lipinski definition) is 4. The number of para-hydroxylation sites is 1. The van der Waals surface area contributed by atoms with Gasteiger partial charge in [0.25, 0.3) is 5.91 Å². The number of benzene rings is 2. The first-order valence-electron chi connectivity index (χ1n) is 9.75. The van der Waals surface area contributed by atoms with Crippen molar-refractivity contribution in [3.8, 4) is 5.75 Å². The molecule has 0 saturated carbocycles. The largest absolute Gasteiger partial charge is 0.496 e. The lowest BCUT2D eigenvalue weighted by Crippen LogP contribution is -2.39. The number of halogens is 1. The molecule has 2 heterocycles. The van der Waals surface area contributed by atoms with Gasteiger partial charge in [-0.05, 0) is 42.7 Å². The lowest BCUT2D eigenvalue weighted by molar-refractivity contribution is 0.0694. The fourth-order valence-electron chi connectivity index (χ4n) is 3.75. The summed E-state index contributed by atoms with van der Waals surface area (Å²) in [6, 6.07) is 13.6. The van der Waals surface area contributed by atoms with Crippen LogP contribution in [-0.2, 0) is 6.42 Å². The molecule has 0 N–H and O–H groups in total. The van der Waals surface area contributed by atoms with Crippen LogP contribution in [0.1, 0.15) is 46.3 Å². The summed E-state index contributed by atoms with van der Waals surface area (Å²) < 4.78 is 24.4. The van der Waals surface area contributed by atoms with Crippen molar-refractivity contribution in [2.24, 2.45) is 0 Å². The second kappa shape index (κ2) is 8.47. The first-order chi connectivity index (χ1) is 14.1. The highest BCUT2D eigenvalue weighted by molar-refractivity contribution is 5.97.